The summed E-state index contributed by atoms with van der Waals surface area (Å²) < 4.78 is 23.4. The van der Waals surface area contributed by atoms with Crippen molar-refractivity contribution in [2.45, 2.75) is 11.3 Å². The smallest absolute Gasteiger partial charge is 0.175 e. The maximum absolute atomic E-state index is 13.1. The van der Waals surface area contributed by atoms with Crippen LogP contribution in [0.25, 0.3) is 11.1 Å². The highest BCUT2D eigenvalue weighted by Gasteiger charge is 2.34. The highest BCUT2D eigenvalue weighted by atomic mass is 32.2. The fourth-order valence-electron chi connectivity index (χ4n) is 3.49. The lowest BCUT2D eigenvalue weighted by atomic mass is 9.96. The van der Waals surface area contributed by atoms with Gasteiger partial charge in [-0.15, -0.1) is 0 Å². The third-order valence-corrected chi connectivity index (χ3v) is 5.87. The second-order valence-electron chi connectivity index (χ2n) is 7.22. The van der Waals surface area contributed by atoms with E-state index in [4.69, 9.17) is 0 Å². The molecule has 0 heterocycles. The number of aromatic hydroxyl groups is 1. The van der Waals surface area contributed by atoms with Crippen LogP contribution in [0, 0.1) is 5.92 Å². The molecule has 0 amide bonds. The molecular weight excluding hydrogens is 362 g/mol. The van der Waals surface area contributed by atoms with Gasteiger partial charge < -0.3 is 10.0 Å². The molecule has 0 aliphatic heterocycles. The third kappa shape index (κ3) is 4.12. The van der Waals surface area contributed by atoms with Crippen LogP contribution in [0.2, 0.25) is 0 Å². The van der Waals surface area contributed by atoms with E-state index in [1.807, 2.05) is 19.0 Å². The van der Waals surface area contributed by atoms with Gasteiger partial charge in [-0.3, -0.25) is 4.79 Å². The Hall–Kier alpha value is -2.44. The van der Waals surface area contributed by atoms with Gasteiger partial charge in [-0.2, -0.15) is 0 Å². The number of phenolic OH excluding ortho intramolecular Hbond substituents is 1. The summed E-state index contributed by atoms with van der Waals surface area (Å²) in [6.45, 7) is 0.644. The van der Waals surface area contributed by atoms with Crippen LogP contribution in [0.4, 0.5) is 0 Å². The Bertz CT molecular complexity index is 987. The number of nitrogens with zero attached hydrogens (tertiary/aromatic N) is 1. The van der Waals surface area contributed by atoms with Gasteiger partial charge in [0, 0.05) is 24.3 Å². The van der Waals surface area contributed by atoms with E-state index in [-0.39, 0.29) is 22.3 Å². The molecule has 1 aliphatic carbocycles. The fraction of sp³-hybridized carbons (Fsp3) is 0.286. The summed E-state index contributed by atoms with van der Waals surface area (Å²) in [7, 11) is 0.605. The molecule has 1 N–H and O–H groups in total. The van der Waals surface area contributed by atoms with Gasteiger partial charge in [0.05, 0.1) is 4.90 Å². The predicted molar refractivity (Wildman–Crippen MR) is 106 cm³/mol. The molecule has 1 aliphatic rings. The van der Waals surface area contributed by atoms with Crippen molar-refractivity contribution < 1.29 is 18.3 Å². The minimum atomic E-state index is -3.27. The lowest BCUT2D eigenvalue weighted by molar-refractivity contribution is -0.117. The minimum Gasteiger partial charge on any atom is -0.508 e. The summed E-state index contributed by atoms with van der Waals surface area (Å²) in [5.41, 5.74) is 3.17. The molecule has 1 atom stereocenters. The highest BCUT2D eigenvalue weighted by Crippen LogP contribution is 2.41. The molecule has 5 nitrogen and oxygen atoms in total. The fourth-order valence-corrected chi connectivity index (χ4v) is 4.12. The monoisotopic (exact) mass is 385 g/mol. The molecule has 2 aromatic rings. The number of phenols is 1. The van der Waals surface area contributed by atoms with Gasteiger partial charge >= 0.3 is 0 Å². The summed E-state index contributed by atoms with van der Waals surface area (Å²) in [4.78, 5) is 15.3. The lowest BCUT2D eigenvalue weighted by Gasteiger charge is -2.15. The molecule has 142 valence electrons. The van der Waals surface area contributed by atoms with Crippen LogP contribution >= 0.6 is 0 Å². The van der Waals surface area contributed by atoms with Crippen molar-refractivity contribution in [3.05, 3.63) is 59.7 Å². The Morgan fingerprint density at radius 1 is 1.00 bits per heavy atom. The lowest BCUT2D eigenvalue weighted by Crippen LogP contribution is -2.25. The Kier molecular flexibility index (Phi) is 5.22. The first-order chi connectivity index (χ1) is 12.7. The summed E-state index contributed by atoms with van der Waals surface area (Å²) in [5.74, 6) is 0.0821. The maximum atomic E-state index is 13.1. The number of benzene rings is 2. The van der Waals surface area contributed by atoms with Gasteiger partial charge in [-0.25, -0.2) is 8.42 Å². The summed E-state index contributed by atoms with van der Waals surface area (Å²) in [6.07, 6.45) is 1.78. The molecule has 27 heavy (non-hydrogen) atoms. The summed E-state index contributed by atoms with van der Waals surface area (Å²) >= 11 is 0. The Morgan fingerprint density at radius 3 is 2.07 bits per heavy atom. The molecule has 3 rings (SSSR count). The van der Waals surface area contributed by atoms with E-state index in [0.717, 1.165) is 16.7 Å². The first kappa shape index (κ1) is 19.3. The average Bonchev–Trinajstić information content (AvgIpc) is 2.91. The topological polar surface area (TPSA) is 74.7 Å². The molecule has 0 bridgehead atoms. The van der Waals surface area contributed by atoms with E-state index < -0.39 is 9.84 Å². The molecule has 0 aromatic heterocycles. The predicted octanol–water partition coefficient (Wildman–Crippen LogP) is 2.86. The van der Waals surface area contributed by atoms with Crippen LogP contribution in [-0.2, 0) is 14.6 Å². The van der Waals surface area contributed by atoms with Gasteiger partial charge in [0.15, 0.2) is 15.6 Å². The third-order valence-electron chi connectivity index (χ3n) is 4.74. The average molecular weight is 385 g/mol. The zero-order valence-corrected chi connectivity index (χ0v) is 16.5. The van der Waals surface area contributed by atoms with Crippen LogP contribution in [0.1, 0.15) is 17.5 Å². The van der Waals surface area contributed by atoms with Crippen molar-refractivity contribution in [3.8, 4) is 5.75 Å². The first-order valence-corrected chi connectivity index (χ1v) is 10.6. The number of carbonyl (C=O) groups excluding carboxylic acids is 1. The molecule has 0 saturated heterocycles. The molecule has 6 heteroatoms. The highest BCUT2D eigenvalue weighted by molar-refractivity contribution is 7.90. The standard InChI is InChI=1S/C21H23NO4S/c1-22(2)13-16-12-19(14-6-10-18(11-7-14)27(3,25)26)20(21(16)24)15-4-8-17(23)9-5-15/h4-11,16,23H,12-13H2,1-3H3. The van der Waals surface area contributed by atoms with Crippen LogP contribution in [0.15, 0.2) is 53.4 Å². The zero-order chi connectivity index (χ0) is 19.8. The molecule has 0 saturated carbocycles. The van der Waals surface area contributed by atoms with Gasteiger partial charge in [-0.1, -0.05) is 24.3 Å². The van der Waals surface area contributed by atoms with Crippen molar-refractivity contribution in [3.63, 3.8) is 0 Å². The number of hydrogen-bond donors (Lipinski definition) is 1. The summed E-state index contributed by atoms with van der Waals surface area (Å²) in [5, 5.41) is 9.56. The Labute approximate surface area is 159 Å². The second kappa shape index (κ2) is 7.29. The van der Waals surface area contributed by atoms with Crippen molar-refractivity contribution in [2.24, 2.45) is 5.92 Å². The van der Waals surface area contributed by atoms with Crippen LogP contribution in [0.3, 0.4) is 0 Å². The number of ketones is 1. The molecule has 1 unspecified atom stereocenters. The molecule has 0 radical (unpaired) electrons. The van der Waals surface area contributed by atoms with Gasteiger partial charge in [0.1, 0.15) is 5.75 Å². The molecule has 0 spiro atoms. The number of sulfone groups is 1. The SMILES string of the molecule is CN(C)CC1CC(c2ccc(S(C)(=O)=O)cc2)=C(c2ccc(O)cc2)C1=O. The number of carbonyl (C=O) groups is 1. The van der Waals surface area contributed by atoms with Gasteiger partial charge in [-0.05, 0) is 61.5 Å². The number of rotatable bonds is 5. The number of hydrogen-bond acceptors (Lipinski definition) is 5. The number of Topliss-reactive ketones (excluding diaryl/α,β-unsaturated/α-hetero) is 1. The van der Waals surface area contributed by atoms with E-state index in [2.05, 4.69) is 0 Å². The van der Waals surface area contributed by atoms with E-state index >= 15 is 0 Å². The van der Waals surface area contributed by atoms with Crippen molar-refractivity contribution in [1.29, 1.82) is 0 Å². The van der Waals surface area contributed by atoms with Crippen molar-refractivity contribution in [2.75, 3.05) is 26.9 Å². The number of allylic oxidation sites excluding steroid dienone is 2. The molecular formula is C21H23NO4S. The quantitative estimate of drug-likeness (QED) is 0.857. The van der Waals surface area contributed by atoms with Crippen LogP contribution < -0.4 is 0 Å². The zero-order valence-electron chi connectivity index (χ0n) is 15.6. The first-order valence-electron chi connectivity index (χ1n) is 8.69. The summed E-state index contributed by atoms with van der Waals surface area (Å²) in [6, 6.07) is 13.3. The van der Waals surface area contributed by atoms with Crippen molar-refractivity contribution in [1.82, 2.24) is 4.90 Å². The maximum Gasteiger partial charge on any atom is 0.175 e. The molecule has 0 fully saturated rings. The Balaban J connectivity index is 2.08. The van der Waals surface area contributed by atoms with Gasteiger partial charge in [0.2, 0.25) is 0 Å². The van der Waals surface area contributed by atoms with Gasteiger partial charge in [0.25, 0.3) is 0 Å². The normalized spacial score (nSPS) is 17.8. The largest absolute Gasteiger partial charge is 0.508 e. The van der Waals surface area contributed by atoms with Crippen molar-refractivity contribution >= 4 is 26.8 Å². The van der Waals surface area contributed by atoms with Crippen LogP contribution in [-0.4, -0.2) is 51.1 Å². The Morgan fingerprint density at radius 2 is 1.56 bits per heavy atom. The van der Waals surface area contributed by atoms with E-state index in [1.54, 1.807) is 48.5 Å². The molecule has 2 aromatic carbocycles. The van der Waals surface area contributed by atoms with E-state index in [9.17, 15) is 18.3 Å². The minimum absolute atomic E-state index is 0.0802. The second-order valence-corrected chi connectivity index (χ2v) is 9.24. The van der Waals surface area contributed by atoms with E-state index in [0.29, 0.717) is 18.5 Å². The van der Waals surface area contributed by atoms with Crippen LogP contribution in [0.5, 0.6) is 5.75 Å². The van der Waals surface area contributed by atoms with E-state index in [1.165, 1.54) is 6.26 Å².